The molecular formula is C17H16N4O3Se. The third-order valence-electron chi connectivity index (χ3n) is 3.99. The van der Waals surface area contributed by atoms with Gasteiger partial charge in [-0.05, 0) is 0 Å². The number of aromatic nitrogens is 2. The zero-order valence-corrected chi connectivity index (χ0v) is 15.0. The van der Waals surface area contributed by atoms with E-state index in [9.17, 15) is 4.79 Å². The van der Waals surface area contributed by atoms with E-state index in [0.29, 0.717) is 23.5 Å². The number of carboxylic acid groups (broad SMARTS) is 1. The minimum absolute atomic E-state index is 0.127. The van der Waals surface area contributed by atoms with Crippen LogP contribution in [0.15, 0.2) is 36.7 Å². The van der Waals surface area contributed by atoms with Gasteiger partial charge in [-0.2, -0.15) is 0 Å². The Kier molecular flexibility index (Phi) is 4.40. The van der Waals surface area contributed by atoms with Crippen LogP contribution in [0.2, 0.25) is 0 Å². The van der Waals surface area contributed by atoms with Crippen LogP contribution in [-0.4, -0.2) is 61.9 Å². The average Bonchev–Trinajstić information content (AvgIpc) is 3.06. The first kappa shape index (κ1) is 16.1. The van der Waals surface area contributed by atoms with Crippen LogP contribution >= 0.6 is 0 Å². The topological polar surface area (TPSA) is 87.6 Å². The summed E-state index contributed by atoms with van der Waals surface area (Å²) in [4.78, 5) is 21.9. The number of aromatic carboxylic acids is 1. The molecule has 1 aliphatic heterocycles. The molecule has 1 saturated heterocycles. The number of benzene rings is 1. The van der Waals surface area contributed by atoms with Gasteiger partial charge in [0.25, 0.3) is 0 Å². The SMILES string of the molecule is O=C(O)c1cc2cc(Nc3cc(N4CCOCC4)ncn3)ccc2[se]1. The number of morpholine rings is 1. The van der Waals surface area contributed by atoms with Crippen LogP contribution in [0.25, 0.3) is 9.65 Å². The van der Waals surface area contributed by atoms with E-state index in [1.54, 1.807) is 12.4 Å². The summed E-state index contributed by atoms with van der Waals surface area (Å²) in [6.07, 6.45) is 1.55. The molecule has 0 aliphatic carbocycles. The van der Waals surface area contributed by atoms with E-state index < -0.39 is 5.97 Å². The summed E-state index contributed by atoms with van der Waals surface area (Å²) in [6, 6.07) is 9.57. The van der Waals surface area contributed by atoms with Crippen LogP contribution in [0.5, 0.6) is 0 Å². The van der Waals surface area contributed by atoms with Gasteiger partial charge in [-0.25, -0.2) is 0 Å². The first-order chi connectivity index (χ1) is 12.2. The van der Waals surface area contributed by atoms with E-state index in [1.165, 1.54) is 0 Å². The predicted octanol–water partition coefficient (Wildman–Crippen LogP) is 1.97. The Morgan fingerprint density at radius 3 is 2.84 bits per heavy atom. The predicted molar refractivity (Wildman–Crippen MR) is 96.2 cm³/mol. The maximum atomic E-state index is 11.1. The Morgan fingerprint density at radius 1 is 1.20 bits per heavy atom. The molecule has 0 unspecified atom stereocenters. The van der Waals surface area contributed by atoms with Gasteiger partial charge in [0.1, 0.15) is 0 Å². The second-order valence-corrected chi connectivity index (χ2v) is 7.93. The fourth-order valence-corrected chi connectivity index (χ4v) is 4.61. The summed E-state index contributed by atoms with van der Waals surface area (Å²) >= 11 is -0.127. The number of anilines is 3. The number of hydrogen-bond acceptors (Lipinski definition) is 6. The number of rotatable bonds is 4. The third-order valence-corrected chi connectivity index (χ3v) is 6.30. The fourth-order valence-electron chi connectivity index (χ4n) is 2.76. The van der Waals surface area contributed by atoms with Gasteiger partial charge in [-0.3, -0.25) is 0 Å². The van der Waals surface area contributed by atoms with Crippen molar-refractivity contribution in [2.45, 2.75) is 0 Å². The Balaban J connectivity index is 1.57. The first-order valence-electron chi connectivity index (χ1n) is 7.88. The maximum absolute atomic E-state index is 11.1. The fraction of sp³-hybridized carbons (Fsp3) is 0.235. The molecule has 2 N–H and O–H groups in total. The van der Waals surface area contributed by atoms with E-state index >= 15 is 0 Å². The van der Waals surface area contributed by atoms with Gasteiger partial charge in [-0.1, -0.05) is 0 Å². The number of carboxylic acids is 1. The Bertz CT molecular complexity index is 921. The molecule has 0 spiro atoms. The van der Waals surface area contributed by atoms with Crippen molar-refractivity contribution in [3.05, 3.63) is 41.1 Å². The molecule has 1 fully saturated rings. The molecular weight excluding hydrogens is 387 g/mol. The van der Waals surface area contributed by atoms with E-state index in [4.69, 9.17) is 9.84 Å². The zero-order valence-electron chi connectivity index (χ0n) is 13.3. The number of nitrogens with zero attached hydrogens (tertiary/aromatic N) is 3. The van der Waals surface area contributed by atoms with Crippen molar-refractivity contribution in [2.24, 2.45) is 0 Å². The monoisotopic (exact) mass is 404 g/mol. The third kappa shape index (κ3) is 3.51. The van der Waals surface area contributed by atoms with Gasteiger partial charge in [0.2, 0.25) is 0 Å². The zero-order chi connectivity index (χ0) is 17.2. The van der Waals surface area contributed by atoms with Crippen molar-refractivity contribution in [3.63, 3.8) is 0 Å². The molecule has 3 aromatic rings. The molecule has 7 nitrogen and oxygen atoms in total. The second kappa shape index (κ2) is 6.84. The van der Waals surface area contributed by atoms with Crippen molar-refractivity contribution in [2.75, 3.05) is 36.5 Å². The first-order valence-corrected chi connectivity index (χ1v) is 9.59. The summed E-state index contributed by atoms with van der Waals surface area (Å²) in [6.45, 7) is 3.05. The van der Waals surface area contributed by atoms with Gasteiger partial charge >= 0.3 is 150 Å². The van der Waals surface area contributed by atoms with Crippen molar-refractivity contribution in [3.8, 4) is 0 Å². The van der Waals surface area contributed by atoms with Gasteiger partial charge in [-0.15, -0.1) is 0 Å². The molecule has 0 bridgehead atoms. The molecule has 0 amide bonds. The molecule has 0 saturated carbocycles. The van der Waals surface area contributed by atoms with E-state index in [-0.39, 0.29) is 14.5 Å². The van der Waals surface area contributed by atoms with Gasteiger partial charge in [0.15, 0.2) is 0 Å². The number of carbonyl (C=O) groups is 1. The number of fused-ring (bicyclic) bond motifs is 1. The van der Waals surface area contributed by atoms with Crippen LogP contribution in [-0.2, 0) is 4.74 Å². The summed E-state index contributed by atoms with van der Waals surface area (Å²) in [5, 5.41) is 13.4. The molecule has 128 valence electrons. The van der Waals surface area contributed by atoms with Crippen molar-refractivity contribution in [1.29, 1.82) is 0 Å². The summed E-state index contributed by atoms with van der Waals surface area (Å²) in [7, 11) is 0. The summed E-state index contributed by atoms with van der Waals surface area (Å²) in [5.74, 6) is 0.748. The quantitative estimate of drug-likeness (QED) is 0.644. The molecule has 1 aromatic carbocycles. The van der Waals surface area contributed by atoms with Crippen LogP contribution in [0, 0.1) is 0 Å². The molecule has 0 radical (unpaired) electrons. The molecule has 4 rings (SSSR count). The summed E-state index contributed by atoms with van der Waals surface area (Å²) < 4.78 is 6.94. The number of nitrogens with one attached hydrogen (secondary N) is 1. The van der Waals surface area contributed by atoms with Crippen LogP contribution in [0.1, 0.15) is 9.23 Å². The summed E-state index contributed by atoms with van der Waals surface area (Å²) in [5.41, 5.74) is 0.879. The van der Waals surface area contributed by atoms with Crippen LogP contribution in [0.3, 0.4) is 0 Å². The van der Waals surface area contributed by atoms with Crippen molar-refractivity contribution >= 4 is 47.4 Å². The van der Waals surface area contributed by atoms with Crippen molar-refractivity contribution in [1.82, 2.24) is 9.97 Å². The molecule has 25 heavy (non-hydrogen) atoms. The van der Waals surface area contributed by atoms with Crippen LogP contribution < -0.4 is 10.2 Å². The van der Waals surface area contributed by atoms with Crippen LogP contribution in [0.4, 0.5) is 17.3 Å². The molecule has 1 aliphatic rings. The molecule has 2 aromatic heterocycles. The van der Waals surface area contributed by atoms with E-state index in [1.807, 2.05) is 24.3 Å². The van der Waals surface area contributed by atoms with Gasteiger partial charge in [0.05, 0.1) is 0 Å². The van der Waals surface area contributed by atoms with Gasteiger partial charge < -0.3 is 0 Å². The van der Waals surface area contributed by atoms with Gasteiger partial charge in [0, 0.05) is 0 Å². The minimum atomic E-state index is -0.836. The molecule has 0 atom stereocenters. The standard InChI is InChI=1S/C17H16N4O3Se/c22-17(23)14-8-11-7-12(1-2-13(11)25-14)20-15-9-16(19-10-18-15)21-3-5-24-6-4-21/h1-2,7-10H,3-6H2,(H,22,23)(H,18,19,20). The normalized spacial score (nSPS) is 14.6. The number of hydrogen-bond donors (Lipinski definition) is 2. The average molecular weight is 403 g/mol. The van der Waals surface area contributed by atoms with E-state index in [0.717, 1.165) is 34.2 Å². The molecule has 3 heterocycles. The number of ether oxygens (including phenoxy) is 1. The van der Waals surface area contributed by atoms with Crippen molar-refractivity contribution < 1.29 is 14.6 Å². The molecule has 8 heteroatoms. The second-order valence-electron chi connectivity index (χ2n) is 5.65. The Hall–Kier alpha value is -2.41. The Morgan fingerprint density at radius 2 is 2.04 bits per heavy atom. The Labute approximate surface area is 150 Å². The van der Waals surface area contributed by atoms with E-state index in [2.05, 4.69) is 20.2 Å².